The highest BCUT2D eigenvalue weighted by molar-refractivity contribution is 5.91. The molecule has 0 unspecified atom stereocenters. The van der Waals surface area contributed by atoms with E-state index < -0.39 is 0 Å². The summed E-state index contributed by atoms with van der Waals surface area (Å²) in [5, 5.41) is 4.27. The minimum absolute atomic E-state index is 0.604. The maximum atomic E-state index is 5.55. The quantitative estimate of drug-likeness (QED) is 0.576. The fourth-order valence-electron chi connectivity index (χ4n) is 2.67. The van der Waals surface area contributed by atoms with E-state index in [0.29, 0.717) is 12.4 Å². The number of pyridine rings is 2. The fraction of sp³-hybridized carbons (Fsp3) is 0.0476. The molecule has 5 nitrogen and oxygen atoms in total. The fourth-order valence-corrected chi connectivity index (χ4v) is 2.67. The largest absolute Gasteiger partial charge is 0.365 e. The Morgan fingerprint density at radius 2 is 1.81 bits per heavy atom. The third-order valence-electron chi connectivity index (χ3n) is 3.96. The molecule has 4 rings (SSSR count). The van der Waals surface area contributed by atoms with Gasteiger partial charge in [0, 0.05) is 47.8 Å². The summed E-state index contributed by atoms with van der Waals surface area (Å²) in [4.78, 5) is 17.7. The molecule has 0 spiro atoms. The summed E-state index contributed by atoms with van der Waals surface area (Å²) in [5.74, 6) is 4.01. The Bertz CT molecular complexity index is 1090. The van der Waals surface area contributed by atoms with Gasteiger partial charge in [-0.1, -0.05) is 12.0 Å². The van der Waals surface area contributed by atoms with Crippen LogP contribution in [0.1, 0.15) is 11.1 Å². The lowest BCUT2D eigenvalue weighted by Gasteiger charge is -2.11. The highest BCUT2D eigenvalue weighted by atomic mass is 15.0. The maximum absolute atomic E-state index is 5.55. The Labute approximate surface area is 151 Å². The summed E-state index contributed by atoms with van der Waals surface area (Å²) in [6, 6.07) is 13.5. The number of aromatic nitrogens is 4. The molecule has 4 aromatic rings. The Kier molecular flexibility index (Phi) is 4.23. The van der Waals surface area contributed by atoms with Gasteiger partial charge < -0.3 is 5.32 Å². The van der Waals surface area contributed by atoms with Crippen LogP contribution in [0.2, 0.25) is 0 Å². The summed E-state index contributed by atoms with van der Waals surface area (Å²) in [5.41, 5.74) is 3.54. The van der Waals surface area contributed by atoms with Gasteiger partial charge in [0.2, 0.25) is 0 Å². The molecule has 5 heteroatoms. The molecule has 0 amide bonds. The second-order valence-electron chi connectivity index (χ2n) is 5.73. The number of benzene rings is 1. The van der Waals surface area contributed by atoms with Crippen LogP contribution in [-0.4, -0.2) is 19.9 Å². The number of fused-ring (bicyclic) bond motifs is 1. The summed E-state index contributed by atoms with van der Waals surface area (Å²) < 4.78 is 0. The average molecular weight is 337 g/mol. The molecule has 3 heterocycles. The van der Waals surface area contributed by atoms with Crippen LogP contribution in [0.5, 0.6) is 0 Å². The minimum atomic E-state index is 0.604. The van der Waals surface area contributed by atoms with E-state index in [0.717, 1.165) is 33.4 Å². The smallest absolute Gasteiger partial charge is 0.163 e. The van der Waals surface area contributed by atoms with Crippen LogP contribution in [-0.2, 0) is 6.54 Å². The summed E-state index contributed by atoms with van der Waals surface area (Å²) in [6.07, 6.45) is 12.6. The normalized spacial score (nSPS) is 10.4. The number of anilines is 1. The molecule has 1 N–H and O–H groups in total. The van der Waals surface area contributed by atoms with E-state index in [2.05, 4.69) is 26.2 Å². The second-order valence-corrected chi connectivity index (χ2v) is 5.73. The molecular formula is C21H15N5. The third-order valence-corrected chi connectivity index (χ3v) is 3.96. The number of nitrogens with one attached hydrogen (secondary N) is 1. The van der Waals surface area contributed by atoms with Crippen molar-refractivity contribution in [3.8, 4) is 23.7 Å². The van der Waals surface area contributed by atoms with E-state index >= 15 is 0 Å². The molecule has 0 aliphatic carbocycles. The van der Waals surface area contributed by atoms with Gasteiger partial charge in [0.1, 0.15) is 5.82 Å². The van der Waals surface area contributed by atoms with Crippen LogP contribution in [0.15, 0.2) is 67.3 Å². The molecule has 0 aliphatic rings. The van der Waals surface area contributed by atoms with Crippen LogP contribution in [0.4, 0.5) is 5.82 Å². The molecule has 0 fully saturated rings. The van der Waals surface area contributed by atoms with Gasteiger partial charge in [0.15, 0.2) is 5.82 Å². The molecule has 26 heavy (non-hydrogen) atoms. The predicted octanol–water partition coefficient (Wildman–Crippen LogP) is 3.68. The zero-order valence-corrected chi connectivity index (χ0v) is 13.9. The van der Waals surface area contributed by atoms with E-state index in [-0.39, 0.29) is 0 Å². The summed E-state index contributed by atoms with van der Waals surface area (Å²) in [6.45, 7) is 0.604. The van der Waals surface area contributed by atoms with Crippen molar-refractivity contribution < 1.29 is 0 Å². The molecule has 0 bridgehead atoms. The lowest BCUT2D eigenvalue weighted by Crippen LogP contribution is -2.04. The summed E-state index contributed by atoms with van der Waals surface area (Å²) >= 11 is 0. The monoisotopic (exact) mass is 337 g/mol. The second kappa shape index (κ2) is 6.99. The van der Waals surface area contributed by atoms with E-state index in [9.17, 15) is 0 Å². The Hall–Kier alpha value is -3.78. The molecule has 0 atom stereocenters. The summed E-state index contributed by atoms with van der Waals surface area (Å²) in [7, 11) is 0. The topological polar surface area (TPSA) is 63.6 Å². The Morgan fingerprint density at radius 1 is 0.962 bits per heavy atom. The minimum Gasteiger partial charge on any atom is -0.365 e. The number of terminal acetylenes is 1. The van der Waals surface area contributed by atoms with Gasteiger partial charge in [0.25, 0.3) is 0 Å². The first-order valence-electron chi connectivity index (χ1n) is 8.15. The highest BCUT2D eigenvalue weighted by Crippen LogP contribution is 2.26. The van der Waals surface area contributed by atoms with Gasteiger partial charge in [-0.3, -0.25) is 9.97 Å². The Morgan fingerprint density at radius 3 is 2.54 bits per heavy atom. The van der Waals surface area contributed by atoms with Crippen LogP contribution >= 0.6 is 0 Å². The molecule has 0 saturated heterocycles. The first-order chi connectivity index (χ1) is 12.8. The van der Waals surface area contributed by atoms with Gasteiger partial charge in [0.05, 0.1) is 5.52 Å². The van der Waals surface area contributed by atoms with Crippen molar-refractivity contribution in [1.82, 2.24) is 19.9 Å². The maximum Gasteiger partial charge on any atom is 0.163 e. The van der Waals surface area contributed by atoms with Crippen molar-refractivity contribution in [2.45, 2.75) is 6.54 Å². The van der Waals surface area contributed by atoms with Gasteiger partial charge in [-0.15, -0.1) is 6.42 Å². The van der Waals surface area contributed by atoms with Crippen molar-refractivity contribution in [2.75, 3.05) is 5.32 Å². The molecule has 3 aromatic heterocycles. The van der Waals surface area contributed by atoms with Crippen LogP contribution in [0, 0.1) is 12.3 Å². The molecule has 124 valence electrons. The standard InChI is InChI=1S/C21H15N5/c1-2-15-7-8-19-18(11-15)21(24-13-16-5-3-9-22-12-16)26-20(25-19)17-6-4-10-23-14-17/h1,3-12,14H,13H2,(H,24,25,26). The number of hydrogen-bond acceptors (Lipinski definition) is 5. The first kappa shape index (κ1) is 15.7. The van der Waals surface area contributed by atoms with Crippen LogP contribution < -0.4 is 5.32 Å². The van der Waals surface area contributed by atoms with Crippen molar-refractivity contribution in [1.29, 1.82) is 0 Å². The predicted molar refractivity (Wildman–Crippen MR) is 102 cm³/mol. The SMILES string of the molecule is C#Cc1ccc2nc(-c3cccnc3)nc(NCc3cccnc3)c2c1. The third kappa shape index (κ3) is 3.21. The number of hydrogen-bond donors (Lipinski definition) is 1. The van der Waals surface area contributed by atoms with Gasteiger partial charge >= 0.3 is 0 Å². The van der Waals surface area contributed by atoms with Crippen LogP contribution in [0.25, 0.3) is 22.3 Å². The first-order valence-corrected chi connectivity index (χ1v) is 8.15. The highest BCUT2D eigenvalue weighted by Gasteiger charge is 2.10. The lowest BCUT2D eigenvalue weighted by molar-refractivity contribution is 1.08. The molecule has 0 saturated carbocycles. The molecule has 0 aliphatic heterocycles. The number of nitrogens with zero attached hydrogens (tertiary/aromatic N) is 4. The van der Waals surface area contributed by atoms with Crippen LogP contribution in [0.3, 0.4) is 0 Å². The number of rotatable bonds is 4. The van der Waals surface area contributed by atoms with Crippen molar-refractivity contribution in [3.05, 3.63) is 78.4 Å². The van der Waals surface area contributed by atoms with E-state index in [1.54, 1.807) is 18.6 Å². The van der Waals surface area contributed by atoms with E-state index in [1.807, 2.05) is 48.7 Å². The lowest BCUT2D eigenvalue weighted by atomic mass is 10.1. The Balaban J connectivity index is 1.80. The molecule has 1 aromatic carbocycles. The van der Waals surface area contributed by atoms with Crippen molar-refractivity contribution >= 4 is 16.7 Å². The van der Waals surface area contributed by atoms with E-state index in [1.165, 1.54) is 0 Å². The van der Waals surface area contributed by atoms with E-state index in [4.69, 9.17) is 11.4 Å². The zero-order valence-electron chi connectivity index (χ0n) is 13.9. The van der Waals surface area contributed by atoms with Crippen molar-refractivity contribution in [3.63, 3.8) is 0 Å². The van der Waals surface area contributed by atoms with Gasteiger partial charge in [-0.05, 0) is 42.0 Å². The van der Waals surface area contributed by atoms with Gasteiger partial charge in [-0.2, -0.15) is 0 Å². The van der Waals surface area contributed by atoms with Crippen molar-refractivity contribution in [2.24, 2.45) is 0 Å². The van der Waals surface area contributed by atoms with Gasteiger partial charge in [-0.25, -0.2) is 9.97 Å². The molecular weight excluding hydrogens is 322 g/mol. The average Bonchev–Trinajstić information content (AvgIpc) is 2.73. The molecule has 0 radical (unpaired) electrons. The zero-order chi connectivity index (χ0) is 17.8.